The molecule has 0 radical (unpaired) electrons. The van der Waals surface area contributed by atoms with Crippen LogP contribution in [-0.4, -0.2) is 34.2 Å². The molecule has 13 heavy (non-hydrogen) atoms. The predicted octanol–water partition coefficient (Wildman–Crippen LogP) is -0.392. The van der Waals surface area contributed by atoms with Crippen LogP contribution in [0.1, 0.15) is 19.8 Å². The van der Waals surface area contributed by atoms with Crippen LogP contribution in [-0.2, 0) is 14.9 Å². The van der Waals surface area contributed by atoms with Crippen molar-refractivity contribution in [3.8, 4) is 0 Å². The molecule has 1 fully saturated rings. The Morgan fingerprint density at radius 1 is 1.54 bits per heavy atom. The number of rotatable bonds is 6. The van der Waals surface area contributed by atoms with Gasteiger partial charge in [0, 0.05) is 19.7 Å². The van der Waals surface area contributed by atoms with Gasteiger partial charge in [0.15, 0.2) is 0 Å². The van der Waals surface area contributed by atoms with Crippen molar-refractivity contribution in [2.45, 2.75) is 31.9 Å². The number of nitrogens with one attached hydrogen (secondary N) is 2. The Morgan fingerprint density at radius 3 is 2.62 bits per heavy atom. The summed E-state index contributed by atoms with van der Waals surface area (Å²) >= 11 is 0. The predicted molar refractivity (Wildman–Crippen MR) is 49.6 cm³/mol. The second-order valence-corrected chi connectivity index (χ2v) is 4.82. The fourth-order valence-electron chi connectivity index (χ4n) is 0.773. The minimum absolute atomic E-state index is 0.101. The number of ether oxygens (including phenoxy) is 1. The smallest absolute Gasteiger partial charge is 0.277 e. The average Bonchev–Trinajstić information content (AvgIpc) is 2.83. The van der Waals surface area contributed by atoms with Gasteiger partial charge in [-0.3, -0.25) is 0 Å². The molecule has 1 unspecified atom stereocenters. The van der Waals surface area contributed by atoms with Crippen LogP contribution in [0.2, 0.25) is 0 Å². The molecule has 0 aromatic carbocycles. The summed E-state index contributed by atoms with van der Waals surface area (Å²) in [5.41, 5.74) is 0. The summed E-state index contributed by atoms with van der Waals surface area (Å²) in [6, 6.07) is 0.148. The maximum Gasteiger partial charge on any atom is 0.277 e. The van der Waals surface area contributed by atoms with E-state index in [4.69, 9.17) is 4.74 Å². The van der Waals surface area contributed by atoms with E-state index in [2.05, 4.69) is 9.44 Å². The average molecular weight is 208 g/mol. The van der Waals surface area contributed by atoms with Crippen molar-refractivity contribution in [2.75, 3.05) is 13.7 Å². The Bertz CT molecular complexity index is 248. The molecule has 1 saturated carbocycles. The summed E-state index contributed by atoms with van der Waals surface area (Å²) in [4.78, 5) is 0. The number of hydrogen-bond acceptors (Lipinski definition) is 3. The zero-order valence-corrected chi connectivity index (χ0v) is 8.73. The van der Waals surface area contributed by atoms with Gasteiger partial charge in [0.2, 0.25) is 0 Å². The third-order valence-corrected chi connectivity index (χ3v) is 3.05. The summed E-state index contributed by atoms with van der Waals surface area (Å²) in [6.07, 6.45) is 1.79. The molecule has 1 atom stereocenters. The van der Waals surface area contributed by atoms with E-state index in [1.54, 1.807) is 14.0 Å². The van der Waals surface area contributed by atoms with Gasteiger partial charge in [-0.05, 0) is 19.8 Å². The molecule has 0 bridgehead atoms. The quantitative estimate of drug-likeness (QED) is 0.624. The highest BCUT2D eigenvalue weighted by atomic mass is 32.2. The molecule has 1 aliphatic carbocycles. The highest BCUT2D eigenvalue weighted by molar-refractivity contribution is 7.87. The van der Waals surface area contributed by atoms with Crippen LogP contribution in [0.5, 0.6) is 0 Å². The van der Waals surface area contributed by atoms with Crippen LogP contribution in [0.15, 0.2) is 0 Å². The molecule has 0 aromatic rings. The topological polar surface area (TPSA) is 67.4 Å². The fraction of sp³-hybridized carbons (Fsp3) is 1.00. The van der Waals surface area contributed by atoms with E-state index in [-0.39, 0.29) is 12.1 Å². The lowest BCUT2D eigenvalue weighted by Crippen LogP contribution is -2.41. The van der Waals surface area contributed by atoms with Gasteiger partial charge in [-0.1, -0.05) is 0 Å². The van der Waals surface area contributed by atoms with Gasteiger partial charge in [0.25, 0.3) is 10.2 Å². The van der Waals surface area contributed by atoms with Gasteiger partial charge >= 0.3 is 0 Å². The van der Waals surface area contributed by atoms with Gasteiger partial charge in [-0.25, -0.2) is 0 Å². The Hall–Kier alpha value is -0.170. The van der Waals surface area contributed by atoms with Gasteiger partial charge in [0.05, 0.1) is 6.10 Å². The highest BCUT2D eigenvalue weighted by Gasteiger charge is 2.26. The molecule has 0 amide bonds. The first-order chi connectivity index (χ1) is 6.03. The molecular weight excluding hydrogens is 192 g/mol. The molecule has 78 valence electrons. The zero-order chi connectivity index (χ0) is 9.90. The third kappa shape index (κ3) is 4.56. The third-order valence-electron chi connectivity index (χ3n) is 1.86. The minimum Gasteiger partial charge on any atom is -0.380 e. The summed E-state index contributed by atoms with van der Waals surface area (Å²) in [5, 5.41) is 0. The zero-order valence-electron chi connectivity index (χ0n) is 7.91. The van der Waals surface area contributed by atoms with Crippen LogP contribution in [0, 0.1) is 0 Å². The highest BCUT2D eigenvalue weighted by Crippen LogP contribution is 2.19. The molecule has 1 aliphatic rings. The molecule has 0 aromatic heterocycles. The van der Waals surface area contributed by atoms with Crippen LogP contribution >= 0.6 is 0 Å². The Balaban J connectivity index is 2.24. The van der Waals surface area contributed by atoms with E-state index in [9.17, 15) is 8.42 Å². The van der Waals surface area contributed by atoms with Crippen LogP contribution in [0.3, 0.4) is 0 Å². The molecule has 0 aliphatic heterocycles. The Labute approximate surface area is 79.0 Å². The standard InChI is InChI=1S/C7H16N2O3S/c1-6(12-2)5-8-13(10,11)9-7-3-4-7/h6-9H,3-5H2,1-2H3. The fourth-order valence-corrected chi connectivity index (χ4v) is 1.98. The monoisotopic (exact) mass is 208 g/mol. The van der Waals surface area contributed by atoms with Crippen molar-refractivity contribution in [1.29, 1.82) is 0 Å². The van der Waals surface area contributed by atoms with E-state index in [1.807, 2.05) is 0 Å². The van der Waals surface area contributed by atoms with Crippen molar-refractivity contribution >= 4 is 10.2 Å². The van der Waals surface area contributed by atoms with Crippen LogP contribution in [0.4, 0.5) is 0 Å². The lowest BCUT2D eigenvalue weighted by atomic mass is 10.4. The van der Waals surface area contributed by atoms with E-state index in [0.29, 0.717) is 6.54 Å². The maximum atomic E-state index is 11.2. The molecule has 0 heterocycles. The van der Waals surface area contributed by atoms with Crippen LogP contribution < -0.4 is 9.44 Å². The largest absolute Gasteiger partial charge is 0.380 e. The van der Waals surface area contributed by atoms with Crippen LogP contribution in [0.25, 0.3) is 0 Å². The van der Waals surface area contributed by atoms with E-state index < -0.39 is 10.2 Å². The molecule has 1 rings (SSSR count). The first kappa shape index (κ1) is 10.9. The molecule has 0 spiro atoms. The van der Waals surface area contributed by atoms with Gasteiger partial charge in [-0.2, -0.15) is 17.9 Å². The van der Waals surface area contributed by atoms with Crippen molar-refractivity contribution in [3.63, 3.8) is 0 Å². The lowest BCUT2D eigenvalue weighted by Gasteiger charge is -2.11. The SMILES string of the molecule is COC(C)CNS(=O)(=O)NC1CC1. The van der Waals surface area contributed by atoms with Crippen molar-refractivity contribution in [2.24, 2.45) is 0 Å². The second kappa shape index (κ2) is 4.36. The normalized spacial score (nSPS) is 20.2. The molecular formula is C7H16N2O3S. The van der Waals surface area contributed by atoms with Crippen molar-refractivity contribution in [3.05, 3.63) is 0 Å². The molecule has 0 saturated heterocycles. The molecule has 5 nitrogen and oxygen atoms in total. The van der Waals surface area contributed by atoms with Crippen molar-refractivity contribution in [1.82, 2.24) is 9.44 Å². The summed E-state index contributed by atoms with van der Waals surface area (Å²) in [7, 11) is -1.75. The maximum absolute atomic E-state index is 11.2. The Kier molecular flexibility index (Phi) is 3.66. The van der Waals surface area contributed by atoms with Crippen molar-refractivity contribution < 1.29 is 13.2 Å². The second-order valence-electron chi connectivity index (χ2n) is 3.29. The first-order valence-corrected chi connectivity index (χ1v) is 5.81. The van der Waals surface area contributed by atoms with Gasteiger partial charge < -0.3 is 4.74 Å². The summed E-state index contributed by atoms with van der Waals surface area (Å²) in [5.74, 6) is 0. The summed E-state index contributed by atoms with van der Waals surface area (Å²) < 4.78 is 32.3. The molecule has 6 heteroatoms. The van der Waals surface area contributed by atoms with E-state index in [1.165, 1.54) is 0 Å². The van der Waals surface area contributed by atoms with Gasteiger partial charge in [0.1, 0.15) is 0 Å². The van der Waals surface area contributed by atoms with Gasteiger partial charge in [-0.15, -0.1) is 0 Å². The lowest BCUT2D eigenvalue weighted by molar-refractivity contribution is 0.122. The summed E-state index contributed by atoms with van der Waals surface area (Å²) in [6.45, 7) is 2.11. The van der Waals surface area contributed by atoms with E-state index in [0.717, 1.165) is 12.8 Å². The number of methoxy groups -OCH3 is 1. The van der Waals surface area contributed by atoms with E-state index >= 15 is 0 Å². The first-order valence-electron chi connectivity index (χ1n) is 4.33. The molecule has 2 N–H and O–H groups in total. The Morgan fingerprint density at radius 2 is 2.15 bits per heavy atom. The minimum atomic E-state index is -3.30. The number of hydrogen-bond donors (Lipinski definition) is 2.